The molecule has 1 N–H and O–H groups in total. The van der Waals surface area contributed by atoms with Gasteiger partial charge in [-0.05, 0) is 75.6 Å². The highest BCUT2D eigenvalue weighted by molar-refractivity contribution is 7.92. The normalized spacial score (nSPS) is 12.1. The van der Waals surface area contributed by atoms with Crippen LogP contribution in [0.25, 0.3) is 0 Å². The number of carbonyl (C=O) groups excluding carboxylic acids is 2. The first-order valence-corrected chi connectivity index (χ1v) is 14.4. The summed E-state index contributed by atoms with van der Waals surface area (Å²) in [7, 11) is -4.14. The summed E-state index contributed by atoms with van der Waals surface area (Å²) in [5, 5.41) is 2.80. The minimum Gasteiger partial charge on any atom is -0.354 e. The summed E-state index contributed by atoms with van der Waals surface area (Å²) in [6.45, 7) is 9.01. The minimum atomic E-state index is -4.14. The smallest absolute Gasteiger partial charge is 0.264 e. The quantitative estimate of drug-likeness (QED) is 0.366. The van der Waals surface area contributed by atoms with Gasteiger partial charge in [-0.25, -0.2) is 12.8 Å². The van der Waals surface area contributed by atoms with Crippen LogP contribution in [-0.2, 0) is 26.2 Å². The van der Waals surface area contributed by atoms with Gasteiger partial charge in [-0.3, -0.25) is 13.9 Å². The molecule has 1 atom stereocenters. The van der Waals surface area contributed by atoms with E-state index in [1.165, 1.54) is 41.3 Å². The van der Waals surface area contributed by atoms with Crippen LogP contribution in [-0.4, -0.2) is 44.3 Å². The van der Waals surface area contributed by atoms with Crippen LogP contribution in [0.1, 0.15) is 42.5 Å². The van der Waals surface area contributed by atoms with Crippen molar-refractivity contribution in [1.82, 2.24) is 10.2 Å². The fourth-order valence-electron chi connectivity index (χ4n) is 4.20. The lowest BCUT2D eigenvalue weighted by atomic mass is 10.1. The van der Waals surface area contributed by atoms with E-state index >= 15 is 0 Å². The largest absolute Gasteiger partial charge is 0.354 e. The van der Waals surface area contributed by atoms with Crippen molar-refractivity contribution >= 4 is 27.5 Å². The number of rotatable bonds is 11. The molecule has 0 saturated carbocycles. The van der Waals surface area contributed by atoms with Crippen LogP contribution in [0.15, 0.2) is 71.6 Å². The summed E-state index contributed by atoms with van der Waals surface area (Å²) in [5.74, 6) is -1.34. The van der Waals surface area contributed by atoms with E-state index in [0.717, 1.165) is 21.9 Å². The Morgan fingerprint density at radius 1 is 0.923 bits per heavy atom. The van der Waals surface area contributed by atoms with Crippen molar-refractivity contribution in [3.8, 4) is 0 Å². The maximum absolute atomic E-state index is 13.9. The third-order valence-corrected chi connectivity index (χ3v) is 8.27. The molecule has 0 bridgehead atoms. The molecule has 0 radical (unpaired) electrons. The highest BCUT2D eigenvalue weighted by atomic mass is 32.2. The van der Waals surface area contributed by atoms with Gasteiger partial charge in [0.2, 0.25) is 11.8 Å². The van der Waals surface area contributed by atoms with Crippen LogP contribution in [0.3, 0.4) is 0 Å². The molecule has 0 aliphatic heterocycles. The lowest BCUT2D eigenvalue weighted by Crippen LogP contribution is -2.51. The zero-order valence-corrected chi connectivity index (χ0v) is 23.9. The van der Waals surface area contributed by atoms with Crippen molar-refractivity contribution in [2.24, 2.45) is 0 Å². The van der Waals surface area contributed by atoms with Crippen LogP contribution < -0.4 is 9.62 Å². The lowest BCUT2D eigenvalue weighted by molar-refractivity contribution is -0.139. The molecule has 0 heterocycles. The number of nitrogens with one attached hydrogen (secondary N) is 1. The zero-order chi connectivity index (χ0) is 28.7. The maximum atomic E-state index is 13.9. The summed E-state index contributed by atoms with van der Waals surface area (Å²) in [6, 6.07) is 16.5. The van der Waals surface area contributed by atoms with E-state index < -0.39 is 34.3 Å². The van der Waals surface area contributed by atoms with Crippen LogP contribution in [0.4, 0.5) is 10.1 Å². The molecular weight excluding hydrogens is 517 g/mol. The van der Waals surface area contributed by atoms with Gasteiger partial charge in [0.1, 0.15) is 18.4 Å². The Hall–Kier alpha value is -3.72. The van der Waals surface area contributed by atoms with Crippen LogP contribution in [0.2, 0.25) is 0 Å². The first-order chi connectivity index (χ1) is 18.4. The van der Waals surface area contributed by atoms with Crippen molar-refractivity contribution in [2.75, 3.05) is 17.4 Å². The van der Waals surface area contributed by atoms with Crippen LogP contribution in [0, 0.1) is 26.6 Å². The SMILES string of the molecule is CCCNC(=O)[C@@H](C)N(Cc1ccc(F)cc1)C(=O)CN(c1ccc(C)cc1C)S(=O)(=O)c1ccc(C)cc1. The molecule has 0 aromatic heterocycles. The number of aryl methyl sites for hydroxylation is 3. The highest BCUT2D eigenvalue weighted by Gasteiger charge is 2.33. The van der Waals surface area contributed by atoms with E-state index in [1.54, 1.807) is 38.1 Å². The lowest BCUT2D eigenvalue weighted by Gasteiger charge is -2.32. The topological polar surface area (TPSA) is 86.8 Å². The molecule has 2 amide bonds. The summed E-state index contributed by atoms with van der Waals surface area (Å²) in [5.41, 5.74) is 3.53. The van der Waals surface area contributed by atoms with Gasteiger partial charge in [0.05, 0.1) is 10.6 Å². The molecule has 208 valence electrons. The monoisotopic (exact) mass is 553 g/mol. The average molecular weight is 554 g/mol. The van der Waals surface area contributed by atoms with Crippen LogP contribution >= 0.6 is 0 Å². The Bertz CT molecular complexity index is 1410. The molecular formula is C30H36FN3O4S. The van der Waals surface area contributed by atoms with Gasteiger partial charge in [0.25, 0.3) is 10.0 Å². The van der Waals surface area contributed by atoms with Crippen molar-refractivity contribution in [3.63, 3.8) is 0 Å². The Kier molecular flexibility index (Phi) is 9.86. The summed E-state index contributed by atoms with van der Waals surface area (Å²) in [6.07, 6.45) is 0.722. The van der Waals surface area contributed by atoms with Gasteiger partial charge in [0, 0.05) is 13.1 Å². The minimum absolute atomic E-state index is 0.00508. The van der Waals surface area contributed by atoms with E-state index in [9.17, 15) is 22.4 Å². The first-order valence-electron chi connectivity index (χ1n) is 12.9. The van der Waals surface area contributed by atoms with Crippen molar-refractivity contribution in [3.05, 3.63) is 94.8 Å². The maximum Gasteiger partial charge on any atom is 0.264 e. The van der Waals surface area contributed by atoms with E-state index in [1.807, 2.05) is 26.8 Å². The summed E-state index contributed by atoms with van der Waals surface area (Å²) < 4.78 is 42.5. The number of sulfonamides is 1. The van der Waals surface area contributed by atoms with E-state index in [2.05, 4.69) is 5.32 Å². The number of benzene rings is 3. The first kappa shape index (κ1) is 29.8. The Balaban J connectivity index is 2.05. The summed E-state index contributed by atoms with van der Waals surface area (Å²) in [4.78, 5) is 28.2. The van der Waals surface area contributed by atoms with Gasteiger partial charge in [-0.1, -0.05) is 54.4 Å². The molecule has 3 aromatic carbocycles. The fourth-order valence-corrected chi connectivity index (χ4v) is 5.68. The van der Waals surface area contributed by atoms with Gasteiger partial charge < -0.3 is 10.2 Å². The molecule has 39 heavy (non-hydrogen) atoms. The van der Waals surface area contributed by atoms with Gasteiger partial charge in [-0.2, -0.15) is 0 Å². The molecule has 0 saturated heterocycles. The van der Waals surface area contributed by atoms with Gasteiger partial charge in [0.15, 0.2) is 0 Å². The third-order valence-electron chi connectivity index (χ3n) is 6.49. The van der Waals surface area contributed by atoms with Crippen molar-refractivity contribution in [1.29, 1.82) is 0 Å². The predicted octanol–water partition coefficient (Wildman–Crippen LogP) is 4.89. The number of hydrogen-bond acceptors (Lipinski definition) is 4. The molecule has 0 fully saturated rings. The average Bonchev–Trinajstić information content (AvgIpc) is 2.90. The van der Waals surface area contributed by atoms with Gasteiger partial charge in [-0.15, -0.1) is 0 Å². The molecule has 3 rings (SSSR count). The summed E-state index contributed by atoms with van der Waals surface area (Å²) >= 11 is 0. The molecule has 9 heteroatoms. The number of carbonyl (C=O) groups is 2. The highest BCUT2D eigenvalue weighted by Crippen LogP contribution is 2.28. The predicted molar refractivity (Wildman–Crippen MR) is 151 cm³/mol. The second-order valence-electron chi connectivity index (χ2n) is 9.73. The molecule has 7 nitrogen and oxygen atoms in total. The second-order valence-corrected chi connectivity index (χ2v) is 11.6. The number of anilines is 1. The number of amides is 2. The standard InChI is InChI=1S/C30H36FN3O4S/c1-6-17-32-30(36)24(5)33(19-25-10-12-26(31)13-11-25)29(35)20-34(28-16-9-22(3)18-23(28)4)39(37,38)27-14-7-21(2)8-15-27/h7-16,18,24H,6,17,19-20H2,1-5H3,(H,32,36)/t24-/m1/s1. The molecule has 0 spiro atoms. The molecule has 0 aliphatic rings. The third kappa shape index (κ3) is 7.44. The molecule has 0 aliphatic carbocycles. The van der Waals surface area contributed by atoms with Crippen molar-refractivity contribution in [2.45, 2.75) is 58.5 Å². The Labute approximate surface area is 230 Å². The number of halogens is 1. The zero-order valence-electron chi connectivity index (χ0n) is 23.1. The number of hydrogen-bond donors (Lipinski definition) is 1. The van der Waals surface area contributed by atoms with E-state index in [4.69, 9.17) is 0 Å². The van der Waals surface area contributed by atoms with Crippen LogP contribution in [0.5, 0.6) is 0 Å². The van der Waals surface area contributed by atoms with Gasteiger partial charge >= 0.3 is 0 Å². The molecule has 3 aromatic rings. The Morgan fingerprint density at radius 3 is 2.13 bits per heavy atom. The molecule has 0 unspecified atom stereocenters. The van der Waals surface area contributed by atoms with Crippen molar-refractivity contribution < 1.29 is 22.4 Å². The Morgan fingerprint density at radius 2 is 1.54 bits per heavy atom. The van der Waals surface area contributed by atoms with E-state index in [0.29, 0.717) is 23.4 Å². The fraction of sp³-hybridized carbons (Fsp3) is 0.333. The number of nitrogens with zero attached hydrogens (tertiary/aromatic N) is 2. The second kappa shape index (κ2) is 12.9. The van der Waals surface area contributed by atoms with E-state index in [-0.39, 0.29) is 17.3 Å².